The Hall–Kier alpha value is -1.89. The fourth-order valence-corrected chi connectivity index (χ4v) is 4.92. The Labute approximate surface area is 141 Å². The maximum Gasteiger partial charge on any atom is 0.317 e. The first-order chi connectivity index (χ1) is 11.3. The van der Waals surface area contributed by atoms with E-state index in [1.54, 1.807) is 7.05 Å². The first kappa shape index (κ1) is 17.0. The van der Waals surface area contributed by atoms with Crippen molar-refractivity contribution in [3.63, 3.8) is 0 Å². The summed E-state index contributed by atoms with van der Waals surface area (Å²) >= 11 is 0. The molecular formula is C17H21NO5S. The number of amides is 1. The molecule has 1 aromatic rings. The molecule has 24 heavy (non-hydrogen) atoms. The third kappa shape index (κ3) is 3.31. The maximum atomic E-state index is 12.4. The van der Waals surface area contributed by atoms with E-state index in [1.165, 1.54) is 4.90 Å². The zero-order valence-corrected chi connectivity index (χ0v) is 14.4. The van der Waals surface area contributed by atoms with Crippen LogP contribution in [-0.4, -0.2) is 56.4 Å². The normalized spacial score (nSPS) is 23.5. The molecule has 0 radical (unpaired) electrons. The van der Waals surface area contributed by atoms with E-state index in [9.17, 15) is 18.0 Å². The van der Waals surface area contributed by atoms with Crippen molar-refractivity contribution in [3.8, 4) is 0 Å². The fraction of sp³-hybridized carbons (Fsp3) is 0.529. The first-order valence-corrected chi connectivity index (χ1v) is 9.85. The number of hydrogen-bond donors (Lipinski definition) is 0. The van der Waals surface area contributed by atoms with Gasteiger partial charge in [0.2, 0.25) is 0 Å². The van der Waals surface area contributed by atoms with Crippen molar-refractivity contribution in [3.05, 3.63) is 35.9 Å². The van der Waals surface area contributed by atoms with Crippen molar-refractivity contribution in [1.29, 1.82) is 0 Å². The average Bonchev–Trinajstić information content (AvgIpc) is 3.31. The second-order valence-corrected chi connectivity index (χ2v) is 8.81. The Bertz CT molecular complexity index is 740. The van der Waals surface area contributed by atoms with Crippen LogP contribution in [0.5, 0.6) is 0 Å². The molecular weight excluding hydrogens is 330 g/mol. The Kier molecular flexibility index (Phi) is 4.38. The van der Waals surface area contributed by atoms with Gasteiger partial charge < -0.3 is 9.64 Å². The molecule has 1 atom stereocenters. The lowest BCUT2D eigenvalue weighted by Gasteiger charge is -2.23. The highest BCUT2D eigenvalue weighted by atomic mass is 32.2. The summed E-state index contributed by atoms with van der Waals surface area (Å²) < 4.78 is 28.3. The van der Waals surface area contributed by atoms with Gasteiger partial charge in [-0.25, -0.2) is 8.42 Å². The molecule has 2 fully saturated rings. The Morgan fingerprint density at radius 1 is 1.25 bits per heavy atom. The lowest BCUT2D eigenvalue weighted by Crippen LogP contribution is -2.41. The molecule has 2 aliphatic rings. The van der Waals surface area contributed by atoms with Gasteiger partial charge in [-0.15, -0.1) is 0 Å². The second kappa shape index (κ2) is 6.20. The smallest absolute Gasteiger partial charge is 0.317 e. The van der Waals surface area contributed by atoms with Crippen LogP contribution in [-0.2, 0) is 29.6 Å². The zero-order chi connectivity index (χ0) is 17.4. The molecule has 0 aromatic heterocycles. The summed E-state index contributed by atoms with van der Waals surface area (Å²) in [4.78, 5) is 26.0. The molecule has 7 heteroatoms. The number of rotatable bonds is 5. The number of carbonyl (C=O) groups excluding carboxylic acids is 2. The lowest BCUT2D eigenvalue weighted by atomic mass is 9.96. The second-order valence-electron chi connectivity index (χ2n) is 6.59. The number of nitrogens with zero attached hydrogens (tertiary/aromatic N) is 1. The van der Waals surface area contributed by atoms with E-state index in [0.717, 1.165) is 18.4 Å². The van der Waals surface area contributed by atoms with Gasteiger partial charge in [-0.05, 0) is 24.8 Å². The van der Waals surface area contributed by atoms with Crippen molar-refractivity contribution in [2.75, 3.05) is 25.2 Å². The van der Waals surface area contributed by atoms with Crippen LogP contribution in [0.1, 0.15) is 24.8 Å². The van der Waals surface area contributed by atoms with E-state index >= 15 is 0 Å². The Balaban J connectivity index is 1.56. The molecule has 3 rings (SSSR count). The number of likely N-dealkylation sites (N-methyl/N-ethyl adjacent to an activating group) is 1. The molecule has 0 spiro atoms. The minimum absolute atomic E-state index is 0.0167. The van der Waals surface area contributed by atoms with Crippen LogP contribution in [0.3, 0.4) is 0 Å². The van der Waals surface area contributed by atoms with Crippen LogP contribution in [0.2, 0.25) is 0 Å². The van der Waals surface area contributed by atoms with Crippen LogP contribution in [0, 0.1) is 0 Å². The van der Waals surface area contributed by atoms with Crippen LogP contribution in [0.15, 0.2) is 30.3 Å². The van der Waals surface area contributed by atoms with Gasteiger partial charge >= 0.3 is 5.97 Å². The number of sulfone groups is 1. The van der Waals surface area contributed by atoms with E-state index in [4.69, 9.17) is 4.74 Å². The monoisotopic (exact) mass is 351 g/mol. The van der Waals surface area contributed by atoms with Gasteiger partial charge in [0.25, 0.3) is 5.91 Å². The van der Waals surface area contributed by atoms with E-state index in [0.29, 0.717) is 6.42 Å². The lowest BCUT2D eigenvalue weighted by molar-refractivity contribution is -0.154. The third-order valence-electron chi connectivity index (χ3n) is 4.94. The van der Waals surface area contributed by atoms with E-state index in [-0.39, 0.29) is 36.0 Å². The van der Waals surface area contributed by atoms with Gasteiger partial charge in [0.15, 0.2) is 16.4 Å². The minimum Gasteiger partial charge on any atom is -0.455 e. The van der Waals surface area contributed by atoms with Gasteiger partial charge in [-0.3, -0.25) is 9.59 Å². The van der Waals surface area contributed by atoms with Gasteiger partial charge in [0.1, 0.15) is 0 Å². The van der Waals surface area contributed by atoms with Crippen molar-refractivity contribution < 1.29 is 22.7 Å². The van der Waals surface area contributed by atoms with Crippen molar-refractivity contribution in [2.24, 2.45) is 0 Å². The summed E-state index contributed by atoms with van der Waals surface area (Å²) in [6.07, 6.45) is 1.88. The number of benzene rings is 1. The first-order valence-electron chi connectivity index (χ1n) is 8.03. The summed E-state index contributed by atoms with van der Waals surface area (Å²) in [6, 6.07) is 9.10. The number of hydrogen-bond acceptors (Lipinski definition) is 5. The number of ether oxygens (including phenoxy) is 1. The predicted molar refractivity (Wildman–Crippen MR) is 88.1 cm³/mol. The zero-order valence-electron chi connectivity index (χ0n) is 13.6. The highest BCUT2D eigenvalue weighted by Gasteiger charge is 2.52. The average molecular weight is 351 g/mol. The third-order valence-corrected chi connectivity index (χ3v) is 6.69. The van der Waals surface area contributed by atoms with Crippen LogP contribution in [0.25, 0.3) is 0 Å². The Morgan fingerprint density at radius 2 is 1.92 bits per heavy atom. The van der Waals surface area contributed by atoms with Gasteiger partial charge in [0, 0.05) is 13.1 Å². The molecule has 0 N–H and O–H groups in total. The summed E-state index contributed by atoms with van der Waals surface area (Å²) in [6.45, 7) is -0.347. The summed E-state index contributed by atoms with van der Waals surface area (Å²) in [5.41, 5.74) is 0.300. The van der Waals surface area contributed by atoms with E-state index in [1.807, 2.05) is 30.3 Å². The molecule has 1 saturated carbocycles. The van der Waals surface area contributed by atoms with Crippen molar-refractivity contribution in [1.82, 2.24) is 4.90 Å². The topological polar surface area (TPSA) is 80.8 Å². The highest BCUT2D eigenvalue weighted by molar-refractivity contribution is 7.91. The molecule has 1 aliphatic heterocycles. The quantitative estimate of drug-likeness (QED) is 0.737. The molecule has 1 amide bonds. The SMILES string of the molecule is CN(C(=O)COC(=O)C1(c2ccccc2)CC1)[C@@H]1CCS(=O)(=O)C1. The number of esters is 1. The fourth-order valence-electron chi connectivity index (χ4n) is 3.14. The van der Waals surface area contributed by atoms with Gasteiger partial charge in [-0.2, -0.15) is 0 Å². The number of carbonyl (C=O) groups is 2. The molecule has 1 aromatic carbocycles. The molecule has 6 nitrogen and oxygen atoms in total. The standard InChI is InChI=1S/C17H21NO5S/c1-18(14-7-10-24(21,22)12-14)15(19)11-23-16(20)17(8-9-17)13-5-3-2-4-6-13/h2-6,14H,7-12H2,1H3/t14-/m1/s1. The molecule has 130 valence electrons. The predicted octanol–water partition coefficient (Wildman–Crippen LogP) is 0.907. The van der Waals surface area contributed by atoms with Crippen LogP contribution in [0.4, 0.5) is 0 Å². The summed E-state index contributed by atoms with van der Waals surface area (Å²) in [5, 5.41) is 0. The van der Waals surface area contributed by atoms with Gasteiger partial charge in [-0.1, -0.05) is 30.3 Å². The van der Waals surface area contributed by atoms with Crippen LogP contribution < -0.4 is 0 Å². The van der Waals surface area contributed by atoms with E-state index in [2.05, 4.69) is 0 Å². The highest BCUT2D eigenvalue weighted by Crippen LogP contribution is 2.49. The molecule has 1 saturated heterocycles. The Morgan fingerprint density at radius 3 is 2.46 bits per heavy atom. The van der Waals surface area contributed by atoms with Crippen molar-refractivity contribution in [2.45, 2.75) is 30.7 Å². The summed E-state index contributed by atoms with van der Waals surface area (Å²) in [5.74, 6) is -0.660. The minimum atomic E-state index is -3.06. The van der Waals surface area contributed by atoms with Crippen LogP contribution >= 0.6 is 0 Å². The van der Waals surface area contributed by atoms with Gasteiger partial charge in [0.05, 0.1) is 16.9 Å². The van der Waals surface area contributed by atoms with E-state index < -0.39 is 15.3 Å². The largest absolute Gasteiger partial charge is 0.455 e. The molecule has 0 bridgehead atoms. The van der Waals surface area contributed by atoms with Crippen molar-refractivity contribution >= 4 is 21.7 Å². The summed E-state index contributed by atoms with van der Waals surface area (Å²) in [7, 11) is -1.49. The maximum absolute atomic E-state index is 12.4. The molecule has 1 heterocycles. The molecule has 0 unspecified atom stereocenters. The molecule has 1 aliphatic carbocycles.